The van der Waals surface area contributed by atoms with Crippen LogP contribution >= 0.6 is 11.6 Å². The summed E-state index contributed by atoms with van der Waals surface area (Å²) in [5.74, 6) is -0.410. The molecule has 0 saturated carbocycles. The van der Waals surface area contributed by atoms with Crippen molar-refractivity contribution in [3.8, 4) is 5.75 Å². The standard InChI is InChI=1S/C23H23ClF3NO4/c1-2-5-16-19(10-9-17-21(16)32-28-22(17)23(25,26)27)31-11-4-3-6-15-8-7-14(12-18(15)24)13-20(29)30/h7-10,12H,2-6,11,13H2,1H3,(H,29,30). The molecule has 3 aromatic rings. The molecule has 0 spiro atoms. The average Bonchev–Trinajstić information content (AvgIpc) is 3.15. The largest absolute Gasteiger partial charge is 0.493 e. The molecule has 1 aromatic heterocycles. The zero-order valence-electron chi connectivity index (χ0n) is 17.5. The van der Waals surface area contributed by atoms with E-state index in [0.29, 0.717) is 54.2 Å². The molecule has 0 radical (unpaired) electrons. The minimum atomic E-state index is -4.58. The third kappa shape index (κ3) is 5.73. The molecule has 0 bridgehead atoms. The van der Waals surface area contributed by atoms with Crippen LogP contribution in [0.15, 0.2) is 34.9 Å². The summed E-state index contributed by atoms with van der Waals surface area (Å²) in [5, 5.41) is 12.5. The third-order valence-corrected chi connectivity index (χ3v) is 5.39. The van der Waals surface area contributed by atoms with Gasteiger partial charge in [0.15, 0.2) is 11.3 Å². The van der Waals surface area contributed by atoms with Crippen molar-refractivity contribution in [1.29, 1.82) is 0 Å². The normalized spacial score (nSPS) is 11.8. The number of halogens is 4. The van der Waals surface area contributed by atoms with Crippen molar-refractivity contribution < 1.29 is 32.3 Å². The fourth-order valence-corrected chi connectivity index (χ4v) is 3.84. The lowest BCUT2D eigenvalue weighted by Crippen LogP contribution is -2.06. The second-order valence-corrected chi connectivity index (χ2v) is 7.91. The SMILES string of the molecule is CCCc1c(OCCCCc2ccc(CC(=O)O)cc2Cl)ccc2c(C(F)(F)F)noc12. The number of nitrogens with zero attached hydrogens (tertiary/aromatic N) is 1. The molecule has 0 aliphatic carbocycles. The van der Waals surface area contributed by atoms with Crippen LogP contribution in [-0.2, 0) is 30.2 Å². The Bertz CT molecular complexity index is 1090. The van der Waals surface area contributed by atoms with Gasteiger partial charge < -0.3 is 14.4 Å². The van der Waals surface area contributed by atoms with E-state index in [0.717, 1.165) is 12.0 Å². The van der Waals surface area contributed by atoms with E-state index in [9.17, 15) is 18.0 Å². The summed E-state index contributed by atoms with van der Waals surface area (Å²) in [6.45, 7) is 2.31. The van der Waals surface area contributed by atoms with Crippen LogP contribution in [0.25, 0.3) is 11.0 Å². The summed E-state index contributed by atoms with van der Waals surface area (Å²) in [4.78, 5) is 10.8. The van der Waals surface area contributed by atoms with Gasteiger partial charge in [-0.3, -0.25) is 4.79 Å². The number of aryl methyl sites for hydroxylation is 2. The summed E-state index contributed by atoms with van der Waals surface area (Å²) >= 11 is 6.25. The molecular formula is C23H23ClF3NO4. The van der Waals surface area contributed by atoms with Crippen LogP contribution in [0.2, 0.25) is 5.02 Å². The molecule has 172 valence electrons. The second kappa shape index (κ2) is 10.3. The molecule has 1 N–H and O–H groups in total. The number of unbranched alkanes of at least 4 members (excludes halogenated alkanes) is 1. The molecule has 0 amide bonds. The Morgan fingerprint density at radius 3 is 2.62 bits per heavy atom. The van der Waals surface area contributed by atoms with Crippen LogP contribution < -0.4 is 4.74 Å². The number of hydrogen-bond acceptors (Lipinski definition) is 4. The van der Waals surface area contributed by atoms with Crippen molar-refractivity contribution in [3.63, 3.8) is 0 Å². The molecule has 1 heterocycles. The maximum atomic E-state index is 13.1. The Morgan fingerprint density at radius 1 is 1.19 bits per heavy atom. The number of hydrogen-bond donors (Lipinski definition) is 1. The molecule has 0 unspecified atom stereocenters. The Labute approximate surface area is 188 Å². The van der Waals surface area contributed by atoms with E-state index in [1.54, 1.807) is 12.1 Å². The van der Waals surface area contributed by atoms with E-state index in [1.807, 2.05) is 13.0 Å². The van der Waals surface area contributed by atoms with Crippen molar-refractivity contribution in [2.75, 3.05) is 6.61 Å². The number of aromatic nitrogens is 1. The van der Waals surface area contributed by atoms with Gasteiger partial charge in [-0.05, 0) is 55.0 Å². The van der Waals surface area contributed by atoms with Crippen molar-refractivity contribution in [1.82, 2.24) is 5.16 Å². The van der Waals surface area contributed by atoms with E-state index in [1.165, 1.54) is 12.1 Å². The molecule has 0 aliphatic rings. The van der Waals surface area contributed by atoms with Crippen LogP contribution in [0.4, 0.5) is 13.2 Å². The smallest absolute Gasteiger partial charge is 0.437 e. The molecule has 0 fully saturated rings. The highest BCUT2D eigenvalue weighted by Crippen LogP contribution is 2.38. The van der Waals surface area contributed by atoms with E-state index >= 15 is 0 Å². The van der Waals surface area contributed by atoms with Crippen LogP contribution in [0, 0.1) is 0 Å². The first kappa shape index (κ1) is 23.9. The first-order valence-corrected chi connectivity index (χ1v) is 10.7. The summed E-state index contributed by atoms with van der Waals surface area (Å²) < 4.78 is 50.2. The Morgan fingerprint density at radius 2 is 1.97 bits per heavy atom. The fraction of sp³-hybridized carbons (Fsp3) is 0.391. The Hall–Kier alpha value is -2.74. The van der Waals surface area contributed by atoms with Crippen LogP contribution in [-0.4, -0.2) is 22.8 Å². The van der Waals surface area contributed by atoms with Gasteiger partial charge in [0.2, 0.25) is 0 Å². The molecule has 0 saturated heterocycles. The number of carboxylic acids is 1. The Kier molecular flexibility index (Phi) is 7.66. The van der Waals surface area contributed by atoms with E-state index in [4.69, 9.17) is 26.0 Å². The summed E-state index contributed by atoms with van der Waals surface area (Å²) in [5.41, 5.74) is 1.25. The summed E-state index contributed by atoms with van der Waals surface area (Å²) in [6.07, 6.45) is -1.23. The minimum absolute atomic E-state index is 0.0608. The number of benzene rings is 2. The van der Waals surface area contributed by atoms with Gasteiger partial charge in [-0.2, -0.15) is 13.2 Å². The minimum Gasteiger partial charge on any atom is -0.493 e. The predicted molar refractivity (Wildman–Crippen MR) is 114 cm³/mol. The highest BCUT2D eigenvalue weighted by Gasteiger charge is 2.37. The number of ether oxygens (including phenoxy) is 1. The van der Waals surface area contributed by atoms with Gasteiger partial charge >= 0.3 is 12.1 Å². The zero-order valence-corrected chi connectivity index (χ0v) is 18.2. The first-order valence-electron chi connectivity index (χ1n) is 10.3. The second-order valence-electron chi connectivity index (χ2n) is 7.50. The number of carboxylic acid groups (broad SMARTS) is 1. The lowest BCUT2D eigenvalue weighted by atomic mass is 10.0. The van der Waals surface area contributed by atoms with Gasteiger partial charge in [0.05, 0.1) is 18.4 Å². The number of carbonyl (C=O) groups is 1. The van der Waals surface area contributed by atoms with Crippen LogP contribution in [0.1, 0.15) is 48.6 Å². The maximum absolute atomic E-state index is 13.1. The third-order valence-electron chi connectivity index (χ3n) is 5.04. The van der Waals surface area contributed by atoms with Crippen molar-refractivity contribution in [2.45, 2.75) is 51.6 Å². The van der Waals surface area contributed by atoms with Gasteiger partial charge in [-0.25, -0.2) is 0 Å². The van der Waals surface area contributed by atoms with Gasteiger partial charge in [0, 0.05) is 10.6 Å². The number of rotatable bonds is 10. The zero-order chi connectivity index (χ0) is 23.3. The lowest BCUT2D eigenvalue weighted by molar-refractivity contribution is -0.141. The summed E-state index contributed by atoms with van der Waals surface area (Å²) in [6, 6.07) is 8.13. The van der Waals surface area contributed by atoms with Gasteiger partial charge in [0.25, 0.3) is 0 Å². The van der Waals surface area contributed by atoms with E-state index < -0.39 is 17.8 Å². The van der Waals surface area contributed by atoms with Crippen molar-refractivity contribution >= 4 is 28.5 Å². The highest BCUT2D eigenvalue weighted by molar-refractivity contribution is 6.31. The molecule has 0 atom stereocenters. The molecular weight excluding hydrogens is 447 g/mol. The molecule has 9 heteroatoms. The predicted octanol–water partition coefficient (Wildman–Crippen LogP) is 6.48. The number of aliphatic carboxylic acids is 1. The summed E-state index contributed by atoms with van der Waals surface area (Å²) in [7, 11) is 0. The molecule has 2 aromatic carbocycles. The molecule has 32 heavy (non-hydrogen) atoms. The lowest BCUT2D eigenvalue weighted by Gasteiger charge is -2.12. The van der Waals surface area contributed by atoms with Gasteiger partial charge in [0.1, 0.15) is 5.75 Å². The van der Waals surface area contributed by atoms with Gasteiger partial charge in [-0.1, -0.05) is 42.2 Å². The van der Waals surface area contributed by atoms with E-state index in [2.05, 4.69) is 5.16 Å². The number of fused-ring (bicyclic) bond motifs is 1. The van der Waals surface area contributed by atoms with Crippen LogP contribution in [0.3, 0.4) is 0 Å². The van der Waals surface area contributed by atoms with Gasteiger partial charge in [-0.15, -0.1) is 0 Å². The monoisotopic (exact) mass is 469 g/mol. The molecule has 5 nitrogen and oxygen atoms in total. The first-order chi connectivity index (χ1) is 15.2. The van der Waals surface area contributed by atoms with Crippen LogP contribution in [0.5, 0.6) is 5.75 Å². The average molecular weight is 470 g/mol. The topological polar surface area (TPSA) is 72.6 Å². The fourth-order valence-electron chi connectivity index (χ4n) is 3.55. The highest BCUT2D eigenvalue weighted by atomic mass is 35.5. The maximum Gasteiger partial charge on any atom is 0.437 e. The molecule has 0 aliphatic heterocycles. The van der Waals surface area contributed by atoms with E-state index in [-0.39, 0.29) is 17.4 Å². The van der Waals surface area contributed by atoms with Crippen molar-refractivity contribution in [3.05, 3.63) is 57.7 Å². The quantitative estimate of drug-likeness (QED) is 0.344. The van der Waals surface area contributed by atoms with Crippen molar-refractivity contribution in [2.24, 2.45) is 0 Å². The molecule has 3 rings (SSSR count). The Balaban J connectivity index is 1.60. The number of alkyl halides is 3.